The minimum atomic E-state index is -0.0357. The van der Waals surface area contributed by atoms with Crippen molar-refractivity contribution in [3.63, 3.8) is 0 Å². The molecule has 16 heavy (non-hydrogen) atoms. The zero-order valence-corrected chi connectivity index (χ0v) is 11.7. The van der Waals surface area contributed by atoms with E-state index in [1.807, 2.05) is 19.9 Å². The van der Waals surface area contributed by atoms with Crippen molar-refractivity contribution in [3.8, 4) is 0 Å². The van der Waals surface area contributed by atoms with E-state index in [0.717, 1.165) is 17.3 Å². The number of ether oxygens (including phenoxy) is 1. The van der Waals surface area contributed by atoms with Gasteiger partial charge in [0.25, 0.3) is 0 Å². The molecule has 1 saturated carbocycles. The summed E-state index contributed by atoms with van der Waals surface area (Å²) in [5.74, 6) is 0.480. The van der Waals surface area contributed by atoms with Crippen molar-refractivity contribution in [3.05, 3.63) is 22.2 Å². The Kier molecular flexibility index (Phi) is 5.26. The van der Waals surface area contributed by atoms with Crippen LogP contribution in [0.2, 0.25) is 0 Å². The molecule has 1 fully saturated rings. The summed E-state index contributed by atoms with van der Waals surface area (Å²) in [7, 11) is 0. The Bertz CT molecular complexity index is 314. The lowest BCUT2D eigenvalue weighted by Gasteiger charge is -2.03. The quantitative estimate of drug-likeness (QED) is 0.567. The molecule has 90 valence electrons. The number of halogens is 1. The van der Waals surface area contributed by atoms with Crippen LogP contribution in [0.5, 0.6) is 0 Å². The van der Waals surface area contributed by atoms with Gasteiger partial charge in [-0.1, -0.05) is 40.6 Å². The van der Waals surface area contributed by atoms with Crippen LogP contribution in [0, 0.1) is 11.8 Å². The molecule has 0 aliphatic heterocycles. The lowest BCUT2D eigenvalue weighted by molar-refractivity contribution is -0.144. The van der Waals surface area contributed by atoms with Crippen LogP contribution in [-0.2, 0) is 9.53 Å². The standard InChI is InChI=1S/C13H19BrO2/c1-4-10(7-6-9(3)14)11-8-12(11)13(15)16-5-2/h6-7,11-12H,4-5,8H2,1-3H3/b9-6+,10-7+. The molecule has 0 amide bonds. The lowest BCUT2D eigenvalue weighted by Crippen LogP contribution is -2.08. The van der Waals surface area contributed by atoms with Crippen molar-refractivity contribution in [2.75, 3.05) is 6.61 Å². The fourth-order valence-corrected chi connectivity index (χ4v) is 1.97. The molecule has 2 unspecified atom stereocenters. The van der Waals surface area contributed by atoms with Gasteiger partial charge in [-0.05, 0) is 37.1 Å². The number of esters is 1. The third-order valence-electron chi connectivity index (χ3n) is 2.79. The van der Waals surface area contributed by atoms with Gasteiger partial charge in [0.2, 0.25) is 0 Å². The largest absolute Gasteiger partial charge is 0.466 e. The number of hydrogen-bond acceptors (Lipinski definition) is 2. The molecule has 0 N–H and O–H groups in total. The molecule has 0 bridgehead atoms. The smallest absolute Gasteiger partial charge is 0.309 e. The van der Waals surface area contributed by atoms with Crippen LogP contribution in [0.25, 0.3) is 0 Å². The third-order valence-corrected chi connectivity index (χ3v) is 3.06. The second-order valence-corrected chi connectivity index (χ2v) is 5.30. The van der Waals surface area contributed by atoms with Crippen molar-refractivity contribution < 1.29 is 9.53 Å². The highest BCUT2D eigenvalue weighted by molar-refractivity contribution is 9.11. The maximum atomic E-state index is 11.5. The van der Waals surface area contributed by atoms with Crippen LogP contribution in [0.1, 0.15) is 33.6 Å². The van der Waals surface area contributed by atoms with Gasteiger partial charge in [-0.15, -0.1) is 0 Å². The molecule has 2 nitrogen and oxygen atoms in total. The highest BCUT2D eigenvalue weighted by Crippen LogP contribution is 2.46. The minimum Gasteiger partial charge on any atom is -0.466 e. The molecular weight excluding hydrogens is 268 g/mol. The monoisotopic (exact) mass is 286 g/mol. The van der Waals surface area contributed by atoms with Gasteiger partial charge < -0.3 is 4.74 Å². The lowest BCUT2D eigenvalue weighted by atomic mass is 10.1. The first-order valence-corrected chi connectivity index (χ1v) is 6.58. The molecule has 0 saturated heterocycles. The fraction of sp³-hybridized carbons (Fsp3) is 0.615. The molecule has 0 heterocycles. The first-order chi connectivity index (χ1) is 7.60. The van der Waals surface area contributed by atoms with Crippen LogP contribution in [-0.4, -0.2) is 12.6 Å². The van der Waals surface area contributed by atoms with E-state index in [9.17, 15) is 4.79 Å². The predicted octanol–water partition coefficient (Wildman–Crippen LogP) is 3.82. The van der Waals surface area contributed by atoms with E-state index in [1.54, 1.807) is 0 Å². The summed E-state index contributed by atoms with van der Waals surface area (Å²) in [6.07, 6.45) is 6.11. The van der Waals surface area contributed by atoms with E-state index >= 15 is 0 Å². The Balaban J connectivity index is 2.56. The van der Waals surface area contributed by atoms with Crippen LogP contribution < -0.4 is 0 Å². The van der Waals surface area contributed by atoms with E-state index in [2.05, 4.69) is 28.9 Å². The van der Waals surface area contributed by atoms with E-state index in [-0.39, 0.29) is 11.9 Å². The van der Waals surface area contributed by atoms with Gasteiger partial charge in [-0.2, -0.15) is 0 Å². The Hall–Kier alpha value is -0.570. The Morgan fingerprint density at radius 1 is 1.38 bits per heavy atom. The van der Waals surface area contributed by atoms with Crippen LogP contribution >= 0.6 is 15.9 Å². The second-order valence-electron chi connectivity index (χ2n) is 4.05. The van der Waals surface area contributed by atoms with Crippen LogP contribution in [0.4, 0.5) is 0 Å². The minimum absolute atomic E-state index is 0.0357. The summed E-state index contributed by atoms with van der Waals surface area (Å²) < 4.78 is 6.13. The highest BCUT2D eigenvalue weighted by atomic mass is 79.9. The number of carbonyl (C=O) groups is 1. The predicted molar refractivity (Wildman–Crippen MR) is 69.3 cm³/mol. The van der Waals surface area contributed by atoms with Gasteiger partial charge >= 0.3 is 5.97 Å². The number of rotatable bonds is 5. The summed E-state index contributed by atoms with van der Waals surface area (Å²) in [4.78, 5) is 11.5. The first kappa shape index (κ1) is 13.5. The van der Waals surface area contributed by atoms with Crippen molar-refractivity contribution in [2.24, 2.45) is 11.8 Å². The molecule has 0 aromatic rings. The molecule has 0 aromatic heterocycles. The average molecular weight is 287 g/mol. The topological polar surface area (TPSA) is 26.3 Å². The maximum absolute atomic E-state index is 11.5. The van der Waals surface area contributed by atoms with Gasteiger partial charge in [0.15, 0.2) is 0 Å². The number of allylic oxidation sites excluding steroid dienone is 4. The molecule has 0 radical (unpaired) electrons. The maximum Gasteiger partial charge on any atom is 0.309 e. The Labute approximate surface area is 106 Å². The molecule has 0 aromatic carbocycles. The summed E-state index contributed by atoms with van der Waals surface area (Å²) in [6, 6.07) is 0. The van der Waals surface area contributed by atoms with Crippen molar-refractivity contribution in [2.45, 2.75) is 33.6 Å². The molecule has 1 aliphatic rings. The fourth-order valence-electron chi connectivity index (χ4n) is 1.84. The van der Waals surface area contributed by atoms with Crippen LogP contribution in [0.3, 0.4) is 0 Å². The SMILES string of the molecule is CCOC(=O)C1CC1/C(=C/C=C(\C)Br)CC. The summed E-state index contributed by atoms with van der Waals surface area (Å²) in [5.41, 5.74) is 1.34. The Morgan fingerprint density at radius 2 is 2.06 bits per heavy atom. The second kappa shape index (κ2) is 6.24. The summed E-state index contributed by atoms with van der Waals surface area (Å²) >= 11 is 3.40. The van der Waals surface area contributed by atoms with Gasteiger partial charge in [0.05, 0.1) is 12.5 Å². The van der Waals surface area contributed by atoms with E-state index in [1.165, 1.54) is 5.57 Å². The number of carbonyl (C=O) groups excluding carboxylic acids is 1. The van der Waals surface area contributed by atoms with E-state index < -0.39 is 0 Å². The van der Waals surface area contributed by atoms with Crippen molar-refractivity contribution in [1.29, 1.82) is 0 Å². The molecule has 3 heteroatoms. The molecule has 1 rings (SSSR count). The summed E-state index contributed by atoms with van der Waals surface area (Å²) in [6.45, 7) is 6.46. The zero-order valence-electron chi connectivity index (χ0n) is 10.1. The van der Waals surface area contributed by atoms with Gasteiger partial charge in [-0.3, -0.25) is 4.79 Å². The average Bonchev–Trinajstić information content (AvgIpc) is 2.99. The molecule has 2 atom stereocenters. The van der Waals surface area contributed by atoms with Crippen LogP contribution in [0.15, 0.2) is 22.2 Å². The molecule has 1 aliphatic carbocycles. The van der Waals surface area contributed by atoms with Crippen molar-refractivity contribution in [1.82, 2.24) is 0 Å². The molecule has 0 spiro atoms. The van der Waals surface area contributed by atoms with Gasteiger partial charge in [-0.25, -0.2) is 0 Å². The van der Waals surface area contributed by atoms with Gasteiger partial charge in [0.1, 0.15) is 0 Å². The first-order valence-electron chi connectivity index (χ1n) is 5.79. The third kappa shape index (κ3) is 3.78. The van der Waals surface area contributed by atoms with Crippen molar-refractivity contribution >= 4 is 21.9 Å². The number of hydrogen-bond donors (Lipinski definition) is 0. The van der Waals surface area contributed by atoms with E-state index in [4.69, 9.17) is 4.74 Å². The zero-order chi connectivity index (χ0) is 12.1. The molecular formula is C13H19BrO2. The Morgan fingerprint density at radius 3 is 2.56 bits per heavy atom. The van der Waals surface area contributed by atoms with Gasteiger partial charge in [0, 0.05) is 0 Å². The van der Waals surface area contributed by atoms with E-state index in [0.29, 0.717) is 12.5 Å². The normalized spacial score (nSPS) is 25.5. The summed E-state index contributed by atoms with van der Waals surface area (Å²) in [5, 5.41) is 0. The highest BCUT2D eigenvalue weighted by Gasteiger charge is 2.45.